The van der Waals surface area contributed by atoms with Crippen LogP contribution in [-0.2, 0) is 9.59 Å². The van der Waals surface area contributed by atoms with E-state index in [-0.39, 0.29) is 36.0 Å². The van der Waals surface area contributed by atoms with Crippen LogP contribution in [0.1, 0.15) is 181 Å². The monoisotopic (exact) mass is 584 g/mol. The molecule has 0 bridgehead atoms. The zero-order chi connectivity index (χ0) is 29.8. The number of carboxylic acids is 2. The van der Waals surface area contributed by atoms with Crippen molar-refractivity contribution >= 4 is 11.9 Å². The van der Waals surface area contributed by atoms with Gasteiger partial charge in [-0.05, 0) is 77.0 Å². The van der Waals surface area contributed by atoms with Crippen LogP contribution in [0.3, 0.4) is 0 Å². The summed E-state index contributed by atoms with van der Waals surface area (Å²) in [5.74, 6) is -1.58. The molecule has 0 rings (SSSR count). The van der Waals surface area contributed by atoms with E-state index in [0.29, 0.717) is 6.42 Å². The molecule has 0 unspecified atom stereocenters. The number of carbonyl (C=O) groups excluding carboxylic acids is 1. The van der Waals surface area contributed by atoms with Crippen LogP contribution in [0.2, 0.25) is 0 Å². The Bertz CT molecular complexity index is 613. The molecule has 0 aliphatic carbocycles. The quantitative estimate of drug-likeness (QED) is 0.0556. The van der Waals surface area contributed by atoms with Crippen LogP contribution < -0.4 is 34.7 Å². The van der Waals surface area contributed by atoms with Crippen LogP contribution in [-0.4, -0.2) is 17.0 Å². The van der Waals surface area contributed by atoms with Crippen LogP contribution in [0.15, 0.2) is 36.5 Å². The van der Waals surface area contributed by atoms with Crippen LogP contribution in [0.4, 0.5) is 0 Å². The number of rotatable bonds is 29. The summed E-state index contributed by atoms with van der Waals surface area (Å²) in [6.07, 6.45) is 43.2. The van der Waals surface area contributed by atoms with E-state index in [1.165, 1.54) is 109 Å². The Balaban J connectivity index is -0.000000688. The number of aliphatic carboxylic acids is 2. The molecule has 1 N–H and O–H groups in total. The van der Waals surface area contributed by atoms with E-state index < -0.39 is 11.9 Å². The average Bonchev–Trinajstić information content (AvgIpc) is 2.93. The van der Waals surface area contributed by atoms with Crippen molar-refractivity contribution in [3.8, 4) is 0 Å². The Labute approximate surface area is 277 Å². The predicted octanol–water partition coefficient (Wildman–Crippen LogP) is 7.66. The molecule has 0 aromatic carbocycles. The summed E-state index contributed by atoms with van der Waals surface area (Å²) in [4.78, 5) is 20.5. The Morgan fingerprint density at radius 3 is 1.22 bits per heavy atom. The molecular formula is C36H65NaO4. The van der Waals surface area contributed by atoms with Crippen LogP contribution in [0, 0.1) is 0 Å². The second-order valence-electron chi connectivity index (χ2n) is 11.1. The van der Waals surface area contributed by atoms with E-state index in [4.69, 9.17) is 5.11 Å². The van der Waals surface area contributed by atoms with Gasteiger partial charge >= 0.3 is 35.5 Å². The van der Waals surface area contributed by atoms with Gasteiger partial charge in [-0.25, -0.2) is 0 Å². The molecule has 0 saturated heterocycles. The smallest absolute Gasteiger partial charge is 0.550 e. The molecular weight excluding hydrogens is 519 g/mol. The standard InChI is InChI=1S/C18H34O2.C18H32O2.Na/c2*1-2-3-4-5-6-7-8-9-10-11-12-13-14-15-16-17-18(19)20;/h9-10H,2-8,11-17H2,1H3,(H,19,20);6-7,9-10H,2-5,8,11-17H2,1H3,(H,19,20);/q;;+1/p-1/b10-9-;7-6-,10-9-;. The molecule has 4 nitrogen and oxygen atoms in total. The largest absolute Gasteiger partial charge is 1.00 e. The molecule has 0 aromatic rings. The van der Waals surface area contributed by atoms with E-state index in [9.17, 15) is 14.7 Å². The second kappa shape index (κ2) is 41.3. The summed E-state index contributed by atoms with van der Waals surface area (Å²) in [6.45, 7) is 4.49. The third-order valence-corrected chi connectivity index (χ3v) is 6.98. The molecule has 0 amide bonds. The molecule has 41 heavy (non-hydrogen) atoms. The molecule has 234 valence electrons. The first kappa shape index (κ1) is 44.6. The van der Waals surface area contributed by atoms with Crippen molar-refractivity contribution in [2.24, 2.45) is 0 Å². The van der Waals surface area contributed by atoms with Crippen molar-refractivity contribution in [1.29, 1.82) is 0 Å². The first-order valence-electron chi connectivity index (χ1n) is 16.9. The third kappa shape index (κ3) is 49.2. The first-order valence-corrected chi connectivity index (χ1v) is 16.9. The van der Waals surface area contributed by atoms with Crippen molar-refractivity contribution in [2.45, 2.75) is 181 Å². The summed E-state index contributed by atoms with van der Waals surface area (Å²) >= 11 is 0. The molecule has 0 radical (unpaired) electrons. The number of unbranched alkanes of at least 4 members (excludes halogenated alkanes) is 19. The Morgan fingerprint density at radius 1 is 0.488 bits per heavy atom. The predicted molar refractivity (Wildman–Crippen MR) is 171 cm³/mol. The van der Waals surface area contributed by atoms with Crippen molar-refractivity contribution in [3.05, 3.63) is 36.5 Å². The molecule has 0 saturated carbocycles. The van der Waals surface area contributed by atoms with Gasteiger partial charge < -0.3 is 15.0 Å². The topological polar surface area (TPSA) is 77.4 Å². The molecule has 5 heteroatoms. The third-order valence-electron chi connectivity index (χ3n) is 6.98. The number of hydrogen-bond donors (Lipinski definition) is 1. The maximum Gasteiger partial charge on any atom is 1.00 e. The van der Waals surface area contributed by atoms with Crippen LogP contribution in [0.25, 0.3) is 0 Å². The number of allylic oxidation sites excluding steroid dienone is 6. The van der Waals surface area contributed by atoms with Gasteiger partial charge in [-0.2, -0.15) is 0 Å². The molecule has 0 aromatic heterocycles. The van der Waals surface area contributed by atoms with Crippen molar-refractivity contribution in [2.75, 3.05) is 0 Å². The van der Waals surface area contributed by atoms with Gasteiger partial charge in [-0.15, -0.1) is 0 Å². The number of hydrogen-bond acceptors (Lipinski definition) is 3. The van der Waals surface area contributed by atoms with Gasteiger partial charge in [0.1, 0.15) is 0 Å². The summed E-state index contributed by atoms with van der Waals surface area (Å²) in [6, 6.07) is 0. The fourth-order valence-electron chi connectivity index (χ4n) is 4.43. The zero-order valence-electron chi connectivity index (χ0n) is 27.5. The molecule has 0 aliphatic heterocycles. The van der Waals surface area contributed by atoms with Crippen molar-refractivity contribution in [1.82, 2.24) is 0 Å². The maximum atomic E-state index is 10.3. The minimum atomic E-state index is -0.914. The Kier molecular flexibility index (Phi) is 44.9. The van der Waals surface area contributed by atoms with Gasteiger partial charge in [0.2, 0.25) is 0 Å². The van der Waals surface area contributed by atoms with Crippen molar-refractivity contribution < 1.29 is 49.4 Å². The van der Waals surface area contributed by atoms with Gasteiger partial charge in [0, 0.05) is 12.4 Å². The van der Waals surface area contributed by atoms with Gasteiger partial charge in [-0.3, -0.25) is 4.79 Å². The molecule has 0 fully saturated rings. The van der Waals surface area contributed by atoms with Crippen molar-refractivity contribution in [3.63, 3.8) is 0 Å². The fourth-order valence-corrected chi connectivity index (χ4v) is 4.43. The Morgan fingerprint density at radius 2 is 0.805 bits per heavy atom. The van der Waals surface area contributed by atoms with Gasteiger partial charge in [0.25, 0.3) is 0 Å². The molecule has 0 spiro atoms. The van der Waals surface area contributed by atoms with E-state index in [1.807, 2.05) is 0 Å². The summed E-state index contributed by atoms with van der Waals surface area (Å²) in [7, 11) is 0. The normalized spacial score (nSPS) is 11.2. The Hall–Kier alpha value is -0.840. The second-order valence-corrected chi connectivity index (χ2v) is 11.1. The molecule has 0 aliphatic rings. The van der Waals surface area contributed by atoms with E-state index in [2.05, 4.69) is 50.3 Å². The number of carboxylic acid groups (broad SMARTS) is 2. The SMILES string of the molecule is CCCCC/C=C\C/C=C\CCCCCCCC(=O)O.CCCCCCCC/C=C\CCCCCCCC(=O)[O-].[Na+]. The summed E-state index contributed by atoms with van der Waals surface area (Å²) < 4.78 is 0. The maximum absolute atomic E-state index is 10.3. The first-order chi connectivity index (χ1) is 19.5. The molecule has 0 atom stereocenters. The van der Waals surface area contributed by atoms with Gasteiger partial charge in [0.15, 0.2) is 0 Å². The number of carbonyl (C=O) groups is 2. The van der Waals surface area contributed by atoms with Gasteiger partial charge in [-0.1, -0.05) is 134 Å². The van der Waals surface area contributed by atoms with Crippen LogP contribution in [0.5, 0.6) is 0 Å². The summed E-state index contributed by atoms with van der Waals surface area (Å²) in [5, 5.41) is 18.7. The average molecular weight is 585 g/mol. The van der Waals surface area contributed by atoms with E-state index in [1.54, 1.807) is 0 Å². The minimum absolute atomic E-state index is 0. The van der Waals surface area contributed by atoms with Gasteiger partial charge in [0.05, 0.1) is 0 Å². The summed E-state index contributed by atoms with van der Waals surface area (Å²) in [5.41, 5.74) is 0. The van der Waals surface area contributed by atoms with Crippen LogP contribution >= 0.6 is 0 Å². The zero-order valence-corrected chi connectivity index (χ0v) is 29.5. The fraction of sp³-hybridized carbons (Fsp3) is 0.778. The minimum Gasteiger partial charge on any atom is -0.550 e. The van der Waals surface area contributed by atoms with E-state index in [0.717, 1.165) is 44.9 Å². The van der Waals surface area contributed by atoms with E-state index >= 15 is 0 Å². The molecule has 0 heterocycles.